The zero-order valence-corrected chi connectivity index (χ0v) is 12.8. The molecule has 0 aliphatic carbocycles. The number of rotatable bonds is 5. The van der Waals surface area contributed by atoms with Gasteiger partial charge in [-0.05, 0) is 19.4 Å². The van der Waals surface area contributed by atoms with Gasteiger partial charge in [0.1, 0.15) is 0 Å². The lowest BCUT2D eigenvalue weighted by Gasteiger charge is -2.26. The van der Waals surface area contributed by atoms with Crippen molar-refractivity contribution in [2.75, 3.05) is 17.3 Å². The highest BCUT2D eigenvalue weighted by Gasteiger charge is 2.22. The Balaban J connectivity index is 1.90. The summed E-state index contributed by atoms with van der Waals surface area (Å²) >= 11 is 4.06. The lowest BCUT2D eigenvalue weighted by molar-refractivity contribution is 0.471. The molecule has 2 N–H and O–H groups in total. The summed E-state index contributed by atoms with van der Waals surface area (Å²) in [5, 5.41) is 5.23. The quantitative estimate of drug-likeness (QED) is 0.903. The van der Waals surface area contributed by atoms with Crippen LogP contribution < -0.4 is 5.73 Å². The van der Waals surface area contributed by atoms with Crippen molar-refractivity contribution in [3.8, 4) is 0 Å². The van der Waals surface area contributed by atoms with Gasteiger partial charge in [0.05, 0.1) is 5.69 Å². The van der Waals surface area contributed by atoms with Crippen LogP contribution in [0.2, 0.25) is 0 Å². The van der Waals surface area contributed by atoms with E-state index >= 15 is 0 Å². The first kappa shape index (κ1) is 14.3. The Morgan fingerprint density at radius 1 is 1.56 bits per heavy atom. The van der Waals surface area contributed by atoms with Gasteiger partial charge in [-0.2, -0.15) is 28.6 Å². The van der Waals surface area contributed by atoms with E-state index in [4.69, 9.17) is 5.73 Å². The van der Waals surface area contributed by atoms with Crippen LogP contribution in [-0.4, -0.2) is 38.3 Å². The molecular weight excluding hydrogens is 262 g/mol. The van der Waals surface area contributed by atoms with Crippen molar-refractivity contribution < 1.29 is 0 Å². The number of aromatic nitrogens is 2. The smallest absolute Gasteiger partial charge is 0.0640 e. The minimum atomic E-state index is 0.239. The summed E-state index contributed by atoms with van der Waals surface area (Å²) in [6, 6.07) is 2.84. The number of nitrogens with two attached hydrogens (primary N) is 1. The number of hydrogen-bond acceptors (Lipinski definition) is 4. The molecule has 3 unspecified atom stereocenters. The Morgan fingerprint density at radius 2 is 2.39 bits per heavy atom. The Labute approximate surface area is 118 Å². The van der Waals surface area contributed by atoms with Gasteiger partial charge in [0.15, 0.2) is 0 Å². The maximum atomic E-state index is 6.31. The van der Waals surface area contributed by atoms with Crippen LogP contribution in [0.15, 0.2) is 12.3 Å². The molecule has 1 aromatic heterocycles. The van der Waals surface area contributed by atoms with Gasteiger partial charge in [-0.25, -0.2) is 0 Å². The highest BCUT2D eigenvalue weighted by atomic mass is 32.2. The van der Waals surface area contributed by atoms with Crippen molar-refractivity contribution in [2.24, 2.45) is 5.73 Å². The van der Waals surface area contributed by atoms with Crippen LogP contribution in [0.25, 0.3) is 0 Å². The van der Waals surface area contributed by atoms with Gasteiger partial charge >= 0.3 is 0 Å². The molecule has 1 aliphatic heterocycles. The summed E-state index contributed by atoms with van der Waals surface area (Å²) in [5.41, 5.74) is 7.45. The van der Waals surface area contributed by atoms with Gasteiger partial charge < -0.3 is 5.73 Å². The van der Waals surface area contributed by atoms with Crippen LogP contribution in [0.4, 0.5) is 0 Å². The summed E-state index contributed by atoms with van der Waals surface area (Å²) < 4.78 is 2.06. The summed E-state index contributed by atoms with van der Waals surface area (Å²) in [7, 11) is 0. The average molecular weight is 285 g/mol. The van der Waals surface area contributed by atoms with Gasteiger partial charge in [0, 0.05) is 47.2 Å². The maximum Gasteiger partial charge on any atom is 0.0640 e. The van der Waals surface area contributed by atoms with Gasteiger partial charge in [0.2, 0.25) is 0 Å². The summed E-state index contributed by atoms with van der Waals surface area (Å²) in [5.74, 6) is 3.71. The predicted octanol–water partition coefficient (Wildman–Crippen LogP) is 2.57. The van der Waals surface area contributed by atoms with E-state index < -0.39 is 0 Å². The third kappa shape index (κ3) is 3.68. The van der Waals surface area contributed by atoms with Crippen LogP contribution in [0.3, 0.4) is 0 Å². The molecule has 0 amide bonds. The molecule has 2 heterocycles. The van der Waals surface area contributed by atoms with Gasteiger partial charge in [-0.3, -0.25) is 4.68 Å². The number of thioether (sulfide) groups is 2. The number of nitrogens with zero attached hydrogens (tertiary/aromatic N) is 2. The predicted molar refractivity (Wildman–Crippen MR) is 82.5 cm³/mol. The summed E-state index contributed by atoms with van der Waals surface area (Å²) in [4.78, 5) is 0. The Bertz CT molecular complexity index is 361. The molecular formula is C13H23N3S2. The highest BCUT2D eigenvalue weighted by molar-refractivity contribution is 8.06. The van der Waals surface area contributed by atoms with E-state index in [-0.39, 0.29) is 6.04 Å². The second-order valence-electron chi connectivity index (χ2n) is 4.90. The van der Waals surface area contributed by atoms with Crippen LogP contribution in [0.1, 0.15) is 32.0 Å². The molecule has 0 radical (unpaired) electrons. The minimum Gasteiger partial charge on any atom is -0.326 e. The van der Waals surface area contributed by atoms with Gasteiger partial charge in [-0.15, -0.1) is 0 Å². The zero-order chi connectivity index (χ0) is 13.0. The molecule has 102 valence electrons. The third-order valence-electron chi connectivity index (χ3n) is 3.47. The van der Waals surface area contributed by atoms with Crippen molar-refractivity contribution in [1.29, 1.82) is 0 Å². The minimum absolute atomic E-state index is 0.239. The summed E-state index contributed by atoms with van der Waals surface area (Å²) in [6.45, 7) is 4.39. The fourth-order valence-corrected chi connectivity index (χ4v) is 4.87. The molecule has 0 spiro atoms. The normalized spacial score (nSPS) is 23.8. The molecule has 0 aromatic carbocycles. The molecule has 2 rings (SSSR count). The second kappa shape index (κ2) is 6.87. The fourth-order valence-electron chi connectivity index (χ4n) is 2.04. The first-order valence-electron chi connectivity index (χ1n) is 6.69. The van der Waals surface area contributed by atoms with E-state index in [9.17, 15) is 0 Å². The lowest BCUT2D eigenvalue weighted by Crippen LogP contribution is -2.38. The standard InChI is InChI=1S/C13H23N3S2/c1-3-10(2)16-5-4-11(15-16)8-12(14)13-9-17-6-7-18-13/h4-5,10,12-13H,3,6-9,14H2,1-2H3. The van der Waals surface area contributed by atoms with Gasteiger partial charge in [0.25, 0.3) is 0 Å². The molecule has 3 nitrogen and oxygen atoms in total. The van der Waals surface area contributed by atoms with Crippen LogP contribution in [0, 0.1) is 0 Å². The number of hydrogen-bond donors (Lipinski definition) is 1. The Hall–Kier alpha value is -0.130. The molecule has 18 heavy (non-hydrogen) atoms. The van der Waals surface area contributed by atoms with E-state index in [1.165, 1.54) is 17.3 Å². The molecule has 3 atom stereocenters. The lowest BCUT2D eigenvalue weighted by atomic mass is 10.1. The SMILES string of the molecule is CCC(C)n1ccc(CC(N)C2CSCCS2)n1. The van der Waals surface area contributed by atoms with Crippen LogP contribution in [-0.2, 0) is 6.42 Å². The van der Waals surface area contributed by atoms with E-state index in [1.807, 2.05) is 23.5 Å². The largest absolute Gasteiger partial charge is 0.326 e. The molecule has 0 saturated carbocycles. The topological polar surface area (TPSA) is 43.8 Å². The molecule has 1 aromatic rings. The molecule has 1 saturated heterocycles. The molecule has 0 bridgehead atoms. The fraction of sp³-hybridized carbons (Fsp3) is 0.769. The van der Waals surface area contributed by atoms with Crippen molar-refractivity contribution in [1.82, 2.24) is 9.78 Å². The first-order valence-corrected chi connectivity index (χ1v) is 8.90. The van der Waals surface area contributed by atoms with Crippen LogP contribution in [0.5, 0.6) is 0 Å². The van der Waals surface area contributed by atoms with Crippen molar-refractivity contribution in [2.45, 2.75) is 44.0 Å². The van der Waals surface area contributed by atoms with Crippen molar-refractivity contribution in [3.05, 3.63) is 18.0 Å². The van der Waals surface area contributed by atoms with E-state index in [0.717, 1.165) is 18.5 Å². The molecule has 1 aliphatic rings. The molecule has 5 heteroatoms. The van der Waals surface area contributed by atoms with Crippen molar-refractivity contribution >= 4 is 23.5 Å². The Kier molecular flexibility index (Phi) is 5.45. The summed E-state index contributed by atoms with van der Waals surface area (Å²) in [6.07, 6.45) is 4.10. The van der Waals surface area contributed by atoms with E-state index in [0.29, 0.717) is 11.3 Å². The van der Waals surface area contributed by atoms with Crippen LogP contribution >= 0.6 is 23.5 Å². The van der Waals surface area contributed by atoms with Gasteiger partial charge in [-0.1, -0.05) is 6.92 Å². The Morgan fingerprint density at radius 3 is 3.06 bits per heavy atom. The van der Waals surface area contributed by atoms with E-state index in [2.05, 4.69) is 35.9 Å². The average Bonchev–Trinajstić information content (AvgIpc) is 2.87. The first-order chi connectivity index (χ1) is 8.70. The molecule has 1 fully saturated rings. The second-order valence-corrected chi connectivity index (χ2v) is 7.39. The monoisotopic (exact) mass is 285 g/mol. The maximum absolute atomic E-state index is 6.31. The van der Waals surface area contributed by atoms with Crippen molar-refractivity contribution in [3.63, 3.8) is 0 Å². The highest BCUT2D eigenvalue weighted by Crippen LogP contribution is 2.26. The van der Waals surface area contributed by atoms with E-state index in [1.54, 1.807) is 0 Å². The third-order valence-corrected chi connectivity index (χ3v) is 6.41. The zero-order valence-electron chi connectivity index (χ0n) is 11.2.